The molecule has 1 unspecified atom stereocenters. The van der Waals surface area contributed by atoms with Gasteiger partial charge in [0.15, 0.2) is 0 Å². The van der Waals surface area contributed by atoms with E-state index < -0.39 is 15.1 Å². The van der Waals surface area contributed by atoms with Gasteiger partial charge in [-0.2, -0.15) is 0 Å². The van der Waals surface area contributed by atoms with Gasteiger partial charge in [-0.1, -0.05) is 35.1 Å². The summed E-state index contributed by atoms with van der Waals surface area (Å²) in [5.74, 6) is 0. The summed E-state index contributed by atoms with van der Waals surface area (Å²) < 4.78 is 25.5. The Labute approximate surface area is 138 Å². The second kappa shape index (κ2) is 6.14. The molecule has 1 aliphatic heterocycles. The van der Waals surface area contributed by atoms with Crippen molar-refractivity contribution in [2.45, 2.75) is 29.4 Å². The summed E-state index contributed by atoms with van der Waals surface area (Å²) in [7, 11) is -3.56. The maximum atomic E-state index is 12.7. The molecule has 8 heteroatoms. The molecule has 0 amide bonds. The predicted octanol–water partition coefficient (Wildman–Crippen LogP) is 3.33. The van der Waals surface area contributed by atoms with E-state index in [-0.39, 0.29) is 4.34 Å². The first-order valence-corrected chi connectivity index (χ1v) is 9.80. The largest absolute Gasteiger partial charge is 0.347 e. The SMILES string of the molecule is CC(c1cccc(Cl)c1)S(=O)(=O)c1nnc(N2CCCC2)s1. The summed E-state index contributed by atoms with van der Waals surface area (Å²) in [4.78, 5) is 2.08. The van der Waals surface area contributed by atoms with Crippen molar-refractivity contribution in [2.24, 2.45) is 0 Å². The smallest absolute Gasteiger partial charge is 0.234 e. The molecular formula is C14H16ClN3O2S2. The van der Waals surface area contributed by atoms with Crippen LogP contribution in [0.25, 0.3) is 0 Å². The van der Waals surface area contributed by atoms with Crippen LogP contribution < -0.4 is 4.90 Å². The number of rotatable bonds is 4. The quantitative estimate of drug-likeness (QED) is 0.839. The van der Waals surface area contributed by atoms with Gasteiger partial charge in [-0.15, -0.1) is 10.2 Å². The Hall–Kier alpha value is -1.18. The standard InChI is InChI=1S/C14H16ClN3O2S2/c1-10(11-5-4-6-12(15)9-11)22(19,20)14-17-16-13(21-14)18-7-2-3-8-18/h4-6,9-10H,2-3,7-8H2,1H3. The van der Waals surface area contributed by atoms with Crippen LogP contribution in [0.3, 0.4) is 0 Å². The van der Waals surface area contributed by atoms with Gasteiger partial charge < -0.3 is 4.90 Å². The van der Waals surface area contributed by atoms with E-state index in [1.807, 2.05) is 0 Å². The lowest BCUT2D eigenvalue weighted by molar-refractivity contribution is 0.584. The zero-order chi connectivity index (χ0) is 15.7. The lowest BCUT2D eigenvalue weighted by Gasteiger charge is -2.12. The van der Waals surface area contributed by atoms with Crippen molar-refractivity contribution in [2.75, 3.05) is 18.0 Å². The highest BCUT2D eigenvalue weighted by molar-refractivity contribution is 7.93. The molecule has 1 aromatic heterocycles. The number of hydrogen-bond acceptors (Lipinski definition) is 6. The Morgan fingerprint density at radius 3 is 2.68 bits per heavy atom. The van der Waals surface area contributed by atoms with E-state index in [0.29, 0.717) is 15.7 Å². The van der Waals surface area contributed by atoms with Gasteiger partial charge in [0.05, 0.1) is 5.25 Å². The topological polar surface area (TPSA) is 63.2 Å². The van der Waals surface area contributed by atoms with Gasteiger partial charge in [-0.05, 0) is 37.5 Å². The minimum atomic E-state index is -3.56. The van der Waals surface area contributed by atoms with Gasteiger partial charge in [0.25, 0.3) is 0 Å². The highest BCUT2D eigenvalue weighted by Crippen LogP contribution is 2.34. The summed E-state index contributed by atoms with van der Waals surface area (Å²) in [6.07, 6.45) is 2.22. The highest BCUT2D eigenvalue weighted by Gasteiger charge is 2.30. The molecule has 1 saturated heterocycles. The minimum absolute atomic E-state index is 0.0712. The second-order valence-electron chi connectivity index (χ2n) is 5.29. The zero-order valence-corrected chi connectivity index (χ0v) is 14.5. The van der Waals surface area contributed by atoms with E-state index in [4.69, 9.17) is 11.6 Å². The van der Waals surface area contributed by atoms with E-state index in [1.54, 1.807) is 31.2 Å². The highest BCUT2D eigenvalue weighted by atomic mass is 35.5. The van der Waals surface area contributed by atoms with Crippen molar-refractivity contribution in [3.8, 4) is 0 Å². The number of hydrogen-bond donors (Lipinski definition) is 0. The van der Waals surface area contributed by atoms with Crippen LogP contribution in [0.2, 0.25) is 5.02 Å². The molecule has 3 rings (SSSR count). The molecule has 2 aromatic rings. The van der Waals surface area contributed by atoms with Crippen LogP contribution in [0, 0.1) is 0 Å². The molecule has 22 heavy (non-hydrogen) atoms. The molecule has 5 nitrogen and oxygen atoms in total. The van der Waals surface area contributed by atoms with Crippen molar-refractivity contribution in [1.82, 2.24) is 10.2 Å². The normalized spacial score (nSPS) is 16.9. The van der Waals surface area contributed by atoms with Crippen LogP contribution in [0.15, 0.2) is 28.6 Å². The Bertz CT molecular complexity index is 770. The molecular weight excluding hydrogens is 342 g/mol. The molecule has 1 fully saturated rings. The maximum absolute atomic E-state index is 12.7. The maximum Gasteiger partial charge on any atom is 0.234 e. The van der Waals surface area contributed by atoms with Crippen molar-refractivity contribution in [1.29, 1.82) is 0 Å². The zero-order valence-electron chi connectivity index (χ0n) is 12.1. The molecule has 118 valence electrons. The molecule has 2 heterocycles. The van der Waals surface area contributed by atoms with Crippen LogP contribution in [-0.4, -0.2) is 31.7 Å². The molecule has 0 bridgehead atoms. The van der Waals surface area contributed by atoms with Crippen LogP contribution in [-0.2, 0) is 9.84 Å². The van der Waals surface area contributed by atoms with Gasteiger partial charge in [0, 0.05) is 18.1 Å². The third-order valence-corrected chi connectivity index (χ3v) is 7.53. The van der Waals surface area contributed by atoms with Crippen molar-refractivity contribution in [3.63, 3.8) is 0 Å². The molecule has 0 spiro atoms. The lowest BCUT2D eigenvalue weighted by Crippen LogP contribution is -2.17. The van der Waals surface area contributed by atoms with E-state index in [2.05, 4.69) is 15.1 Å². The van der Waals surface area contributed by atoms with E-state index >= 15 is 0 Å². The van der Waals surface area contributed by atoms with Gasteiger partial charge in [0.2, 0.25) is 19.3 Å². The number of nitrogens with zero attached hydrogens (tertiary/aromatic N) is 3. The Balaban J connectivity index is 1.89. The molecule has 1 aromatic carbocycles. The van der Waals surface area contributed by atoms with Gasteiger partial charge >= 0.3 is 0 Å². The van der Waals surface area contributed by atoms with Gasteiger partial charge in [-0.3, -0.25) is 0 Å². The fraction of sp³-hybridized carbons (Fsp3) is 0.429. The first-order valence-electron chi connectivity index (χ1n) is 7.06. The van der Waals surface area contributed by atoms with E-state index in [1.165, 1.54) is 0 Å². The van der Waals surface area contributed by atoms with Crippen molar-refractivity contribution < 1.29 is 8.42 Å². The summed E-state index contributed by atoms with van der Waals surface area (Å²) in [6.45, 7) is 3.48. The summed E-state index contributed by atoms with van der Waals surface area (Å²) in [5.41, 5.74) is 0.658. The lowest BCUT2D eigenvalue weighted by atomic mass is 10.2. The summed E-state index contributed by atoms with van der Waals surface area (Å²) in [5, 5.41) is 8.46. The summed E-state index contributed by atoms with van der Waals surface area (Å²) >= 11 is 7.10. The first-order chi connectivity index (χ1) is 10.5. The third-order valence-electron chi connectivity index (χ3n) is 3.80. The fourth-order valence-electron chi connectivity index (χ4n) is 2.44. The van der Waals surface area contributed by atoms with E-state index in [9.17, 15) is 8.42 Å². The number of anilines is 1. The Kier molecular flexibility index (Phi) is 4.38. The minimum Gasteiger partial charge on any atom is -0.347 e. The first kappa shape index (κ1) is 15.7. The average molecular weight is 358 g/mol. The summed E-state index contributed by atoms with van der Waals surface area (Å²) in [6, 6.07) is 6.91. The van der Waals surface area contributed by atoms with Crippen LogP contribution >= 0.6 is 22.9 Å². The number of benzene rings is 1. The monoisotopic (exact) mass is 357 g/mol. The Morgan fingerprint density at radius 1 is 1.27 bits per heavy atom. The van der Waals surface area contributed by atoms with E-state index in [0.717, 1.165) is 37.3 Å². The fourth-order valence-corrected chi connectivity index (χ4v) is 5.36. The van der Waals surface area contributed by atoms with Gasteiger partial charge in [-0.25, -0.2) is 8.42 Å². The van der Waals surface area contributed by atoms with Crippen molar-refractivity contribution in [3.05, 3.63) is 34.9 Å². The molecule has 0 N–H and O–H groups in total. The van der Waals surface area contributed by atoms with Crippen LogP contribution in [0.1, 0.15) is 30.6 Å². The van der Waals surface area contributed by atoms with Crippen LogP contribution in [0.4, 0.5) is 5.13 Å². The Morgan fingerprint density at radius 2 is 2.00 bits per heavy atom. The molecule has 0 aliphatic carbocycles. The number of halogens is 1. The van der Waals surface area contributed by atoms with Gasteiger partial charge in [0.1, 0.15) is 0 Å². The van der Waals surface area contributed by atoms with Crippen molar-refractivity contribution >= 4 is 37.9 Å². The third kappa shape index (κ3) is 2.98. The molecule has 0 radical (unpaired) electrons. The number of aromatic nitrogens is 2. The second-order valence-corrected chi connectivity index (χ2v) is 9.12. The average Bonchev–Trinajstić information content (AvgIpc) is 3.17. The molecule has 1 atom stereocenters. The predicted molar refractivity (Wildman–Crippen MR) is 88.4 cm³/mol. The molecule has 1 aliphatic rings. The van der Waals surface area contributed by atoms with Crippen LogP contribution in [0.5, 0.6) is 0 Å². The number of sulfone groups is 1. The molecule has 0 saturated carbocycles.